The summed E-state index contributed by atoms with van der Waals surface area (Å²) in [6.07, 6.45) is 6.00. The number of hydrogen-bond acceptors (Lipinski definition) is 3. The van der Waals surface area contributed by atoms with Gasteiger partial charge < -0.3 is 5.73 Å². The summed E-state index contributed by atoms with van der Waals surface area (Å²) in [5.41, 5.74) is 4.88. The summed E-state index contributed by atoms with van der Waals surface area (Å²) in [6.45, 7) is 0. The zero-order chi connectivity index (χ0) is 13.1. The molecule has 0 aromatic carbocycles. The van der Waals surface area contributed by atoms with E-state index in [1.54, 1.807) is 0 Å². The number of primary sulfonamides is 1. The highest BCUT2D eigenvalue weighted by Crippen LogP contribution is 2.62. The van der Waals surface area contributed by atoms with Crippen LogP contribution in [0.4, 0.5) is 0 Å². The van der Waals surface area contributed by atoms with Gasteiger partial charge in [0.1, 0.15) is 0 Å². The lowest BCUT2D eigenvalue weighted by atomic mass is 9.48. The van der Waals surface area contributed by atoms with Gasteiger partial charge in [0, 0.05) is 0 Å². The van der Waals surface area contributed by atoms with Crippen LogP contribution in [0.1, 0.15) is 38.5 Å². The van der Waals surface area contributed by atoms with E-state index in [0.717, 1.165) is 19.3 Å². The average Bonchev–Trinajstić information content (AvgIpc) is 2.09. The minimum absolute atomic E-state index is 0.464. The Morgan fingerprint density at radius 1 is 1.06 bits per heavy atom. The van der Waals surface area contributed by atoms with Gasteiger partial charge in [-0.3, -0.25) is 4.79 Å². The second kappa shape index (κ2) is 3.70. The highest BCUT2D eigenvalue weighted by molar-refractivity contribution is 7.90. The molecule has 0 radical (unpaired) electrons. The van der Waals surface area contributed by atoms with E-state index < -0.39 is 26.6 Å². The van der Waals surface area contributed by atoms with Gasteiger partial charge in [-0.15, -0.1) is 0 Å². The van der Waals surface area contributed by atoms with Crippen molar-refractivity contribution in [2.75, 3.05) is 0 Å². The summed E-state index contributed by atoms with van der Waals surface area (Å²) in [5.74, 6) is 0.944. The number of rotatable bonds is 3. The zero-order valence-corrected chi connectivity index (χ0v) is 11.2. The summed E-state index contributed by atoms with van der Waals surface area (Å²) in [5, 5.41) is 4.09. The van der Waals surface area contributed by atoms with Gasteiger partial charge in [0.2, 0.25) is 15.9 Å². The van der Waals surface area contributed by atoms with Crippen LogP contribution in [0.15, 0.2) is 0 Å². The lowest BCUT2D eigenvalue weighted by Crippen LogP contribution is -2.59. The van der Waals surface area contributed by atoms with Gasteiger partial charge in [-0.25, -0.2) is 13.6 Å². The largest absolute Gasteiger partial charge is 0.368 e. The van der Waals surface area contributed by atoms with E-state index in [1.165, 1.54) is 19.3 Å². The molecule has 0 saturated heterocycles. The molecule has 6 heteroatoms. The first kappa shape index (κ1) is 12.4. The van der Waals surface area contributed by atoms with Gasteiger partial charge in [-0.05, 0) is 61.7 Å². The van der Waals surface area contributed by atoms with Crippen LogP contribution < -0.4 is 10.9 Å². The number of nitrogens with two attached hydrogens (primary N) is 2. The van der Waals surface area contributed by atoms with Crippen LogP contribution in [-0.2, 0) is 14.8 Å². The minimum atomic E-state index is -3.90. The predicted molar refractivity (Wildman–Crippen MR) is 66.7 cm³/mol. The SMILES string of the molecule is NC(=O)C(C12CC3CC(CC(C3)C1)C2)S(N)(=O)=O. The van der Waals surface area contributed by atoms with Crippen molar-refractivity contribution in [2.24, 2.45) is 34.0 Å². The van der Waals surface area contributed by atoms with Crippen molar-refractivity contribution < 1.29 is 13.2 Å². The summed E-state index contributed by atoms with van der Waals surface area (Å²) < 4.78 is 23.5. The monoisotopic (exact) mass is 272 g/mol. The summed E-state index contributed by atoms with van der Waals surface area (Å²) in [4.78, 5) is 11.6. The van der Waals surface area contributed by atoms with Gasteiger partial charge in [0.25, 0.3) is 0 Å². The molecule has 4 fully saturated rings. The van der Waals surface area contributed by atoms with E-state index in [-0.39, 0.29) is 0 Å². The third-order valence-corrected chi connectivity index (χ3v) is 6.62. The van der Waals surface area contributed by atoms with Crippen LogP contribution in [0.5, 0.6) is 0 Å². The quantitative estimate of drug-likeness (QED) is 0.774. The fourth-order valence-corrected chi connectivity index (χ4v) is 6.62. The highest BCUT2D eigenvalue weighted by atomic mass is 32.2. The van der Waals surface area contributed by atoms with Crippen molar-refractivity contribution in [3.8, 4) is 0 Å². The Balaban J connectivity index is 2.01. The molecule has 1 amide bonds. The van der Waals surface area contributed by atoms with Gasteiger partial charge >= 0.3 is 0 Å². The van der Waals surface area contributed by atoms with E-state index in [1.807, 2.05) is 0 Å². The van der Waals surface area contributed by atoms with Gasteiger partial charge in [-0.2, -0.15) is 0 Å². The first-order valence-electron chi connectivity index (χ1n) is 6.61. The second-order valence-corrected chi connectivity index (χ2v) is 8.30. The number of sulfonamides is 1. The first-order valence-corrected chi connectivity index (χ1v) is 8.22. The van der Waals surface area contributed by atoms with Gasteiger partial charge in [0.15, 0.2) is 5.25 Å². The summed E-state index contributed by atoms with van der Waals surface area (Å²) >= 11 is 0. The topological polar surface area (TPSA) is 103 Å². The third kappa shape index (κ3) is 1.77. The molecule has 18 heavy (non-hydrogen) atoms. The standard InChI is InChI=1S/C12H20N2O3S/c13-11(15)10(18(14,16)17)12-4-7-1-8(5-12)3-9(2-7)6-12/h7-10H,1-6H2,(H2,13,15)(H2,14,16,17). The van der Waals surface area contributed by atoms with Crippen LogP contribution in [0, 0.1) is 23.2 Å². The van der Waals surface area contributed by atoms with Crippen molar-refractivity contribution in [2.45, 2.75) is 43.8 Å². The Labute approximate surface area is 107 Å². The van der Waals surface area contributed by atoms with Crippen LogP contribution in [0.3, 0.4) is 0 Å². The average molecular weight is 272 g/mol. The summed E-state index contributed by atoms with van der Waals surface area (Å²) in [6, 6.07) is 0. The normalized spacial score (nSPS) is 43.9. The van der Waals surface area contributed by atoms with Crippen molar-refractivity contribution in [3.63, 3.8) is 0 Å². The fraction of sp³-hybridized carbons (Fsp3) is 0.917. The van der Waals surface area contributed by atoms with Crippen LogP contribution in [0.2, 0.25) is 0 Å². The molecule has 4 N–H and O–H groups in total. The van der Waals surface area contributed by atoms with Crippen molar-refractivity contribution in [1.82, 2.24) is 0 Å². The molecule has 4 saturated carbocycles. The fourth-order valence-electron chi connectivity index (χ4n) is 5.31. The molecular weight excluding hydrogens is 252 g/mol. The van der Waals surface area contributed by atoms with E-state index >= 15 is 0 Å². The molecule has 0 aliphatic heterocycles. The Morgan fingerprint density at radius 2 is 1.44 bits per heavy atom. The second-order valence-electron chi connectivity index (χ2n) is 6.65. The Hall–Kier alpha value is -0.620. The predicted octanol–water partition coefficient (Wildman–Crippen LogP) is 0.345. The number of carbonyl (C=O) groups is 1. The molecule has 1 unspecified atom stereocenters. The van der Waals surface area contributed by atoms with Crippen LogP contribution >= 0.6 is 0 Å². The van der Waals surface area contributed by atoms with E-state index in [2.05, 4.69) is 0 Å². The van der Waals surface area contributed by atoms with Gasteiger partial charge in [-0.1, -0.05) is 0 Å². The smallest absolute Gasteiger partial charge is 0.237 e. The van der Waals surface area contributed by atoms with Crippen LogP contribution in [-0.4, -0.2) is 19.6 Å². The molecule has 0 heterocycles. The molecule has 5 nitrogen and oxygen atoms in total. The zero-order valence-electron chi connectivity index (χ0n) is 10.3. The molecule has 4 bridgehead atoms. The molecule has 4 aliphatic rings. The van der Waals surface area contributed by atoms with E-state index in [0.29, 0.717) is 17.8 Å². The molecule has 102 valence electrons. The number of hydrogen-bond donors (Lipinski definition) is 2. The minimum Gasteiger partial charge on any atom is -0.368 e. The number of primary amides is 1. The van der Waals surface area contributed by atoms with E-state index in [9.17, 15) is 13.2 Å². The Morgan fingerprint density at radius 3 is 1.72 bits per heavy atom. The molecule has 0 spiro atoms. The maximum absolute atomic E-state index is 11.8. The van der Waals surface area contributed by atoms with Gasteiger partial charge in [0.05, 0.1) is 0 Å². The Kier molecular flexibility index (Phi) is 2.55. The Bertz CT molecular complexity index is 450. The number of carbonyl (C=O) groups excluding carboxylic acids is 1. The molecule has 1 atom stereocenters. The first-order chi connectivity index (χ1) is 8.30. The maximum atomic E-state index is 11.8. The molecule has 4 rings (SSSR count). The molecule has 0 aromatic heterocycles. The maximum Gasteiger partial charge on any atom is 0.237 e. The molecule has 4 aliphatic carbocycles. The van der Waals surface area contributed by atoms with Crippen molar-refractivity contribution in [1.29, 1.82) is 0 Å². The van der Waals surface area contributed by atoms with Crippen molar-refractivity contribution in [3.05, 3.63) is 0 Å². The highest BCUT2D eigenvalue weighted by Gasteiger charge is 2.58. The molecular formula is C12H20N2O3S. The lowest BCUT2D eigenvalue weighted by Gasteiger charge is -2.58. The van der Waals surface area contributed by atoms with E-state index in [4.69, 9.17) is 10.9 Å². The number of amides is 1. The lowest BCUT2D eigenvalue weighted by molar-refractivity contribution is -0.125. The van der Waals surface area contributed by atoms with Crippen LogP contribution in [0.25, 0.3) is 0 Å². The summed E-state index contributed by atoms with van der Waals surface area (Å²) in [7, 11) is -3.90. The third-order valence-electron chi connectivity index (χ3n) is 5.23. The van der Waals surface area contributed by atoms with Crippen molar-refractivity contribution >= 4 is 15.9 Å². The molecule has 0 aromatic rings.